The Hall–Kier alpha value is -7.07. The van der Waals surface area contributed by atoms with E-state index < -0.39 is 96.0 Å². The molecule has 1 aromatic heterocycles. The van der Waals surface area contributed by atoms with Gasteiger partial charge in [-0.3, -0.25) is 48.1 Å². The molecule has 0 aliphatic carbocycles. The molecule has 7 atom stereocenters. The summed E-state index contributed by atoms with van der Waals surface area (Å²) in [6.07, 6.45) is 3.56. The maximum Gasteiger partial charge on any atom is 0.245 e. The molecule has 0 spiro atoms. The highest BCUT2D eigenvalue weighted by molar-refractivity contribution is 5.99. The van der Waals surface area contributed by atoms with Crippen molar-refractivity contribution in [1.82, 2.24) is 46.8 Å². The molecule has 23 nitrogen and oxygen atoms in total. The van der Waals surface area contributed by atoms with Crippen molar-refractivity contribution in [2.24, 2.45) is 33.8 Å². The summed E-state index contributed by atoms with van der Waals surface area (Å²) in [5, 5.41) is 15.7. The first-order valence-corrected chi connectivity index (χ1v) is 21.2. The first-order valence-electron chi connectivity index (χ1n) is 21.2. The van der Waals surface area contributed by atoms with Gasteiger partial charge in [-0.2, -0.15) is 0 Å². The van der Waals surface area contributed by atoms with Gasteiger partial charge in [-0.15, -0.1) is 0 Å². The number of imidazole rings is 1. The molecule has 15 N–H and O–H groups in total. The number of H-pyrrole nitrogens is 1. The van der Waals surface area contributed by atoms with E-state index in [2.05, 4.69) is 46.9 Å². The number of rotatable bonds is 24. The van der Waals surface area contributed by atoms with Crippen LogP contribution in [0.1, 0.15) is 76.5 Å². The van der Waals surface area contributed by atoms with Crippen molar-refractivity contribution >= 4 is 59.1 Å². The minimum absolute atomic E-state index is 0.0832. The number of aromatic nitrogens is 2. The van der Waals surface area contributed by atoms with E-state index in [0.29, 0.717) is 24.1 Å². The van der Waals surface area contributed by atoms with Crippen LogP contribution in [0.25, 0.3) is 0 Å². The predicted octanol–water partition coefficient (Wildman–Crippen LogP) is -3.65. The summed E-state index contributed by atoms with van der Waals surface area (Å²) in [6, 6.07) is 0.143. The van der Waals surface area contributed by atoms with Crippen LogP contribution in [0.15, 0.2) is 47.8 Å². The highest BCUT2D eigenvalue weighted by atomic mass is 16.2. The van der Waals surface area contributed by atoms with Crippen LogP contribution in [0, 0.1) is 5.92 Å². The van der Waals surface area contributed by atoms with Crippen molar-refractivity contribution in [3.8, 4) is 0 Å². The average molecular weight is 893 g/mol. The number of nitrogens with two attached hydrogens (primary N) is 4. The van der Waals surface area contributed by atoms with Crippen molar-refractivity contribution in [1.29, 1.82) is 0 Å². The monoisotopic (exact) mass is 892 g/mol. The lowest BCUT2D eigenvalue weighted by Crippen LogP contribution is -2.60. The number of carbonyl (C=O) groups is 9. The summed E-state index contributed by atoms with van der Waals surface area (Å²) in [7, 11) is 0. The van der Waals surface area contributed by atoms with Crippen molar-refractivity contribution in [2.45, 2.75) is 120 Å². The van der Waals surface area contributed by atoms with Crippen LogP contribution in [0.4, 0.5) is 0 Å². The van der Waals surface area contributed by atoms with Crippen LogP contribution in [0.3, 0.4) is 0 Å². The second kappa shape index (κ2) is 24.0. The third-order valence-corrected chi connectivity index (χ3v) is 10.6. The topological polar surface area (TPSA) is 374 Å². The van der Waals surface area contributed by atoms with Crippen LogP contribution < -0.4 is 54.8 Å². The zero-order valence-electron chi connectivity index (χ0n) is 36.0. The minimum Gasteiger partial charge on any atom is -0.370 e. The van der Waals surface area contributed by atoms with Gasteiger partial charge in [-0.25, -0.2) is 4.98 Å². The van der Waals surface area contributed by atoms with Gasteiger partial charge in [0.2, 0.25) is 53.2 Å². The Bertz CT molecular complexity index is 2010. The highest BCUT2D eigenvalue weighted by Crippen LogP contribution is 2.20. The lowest BCUT2D eigenvalue weighted by atomic mass is 10.0. The van der Waals surface area contributed by atoms with Crippen LogP contribution in [0.5, 0.6) is 0 Å². The van der Waals surface area contributed by atoms with Gasteiger partial charge in [0.05, 0.1) is 12.7 Å². The number of nitrogens with one attached hydrogen (secondary N) is 7. The van der Waals surface area contributed by atoms with E-state index in [-0.39, 0.29) is 75.8 Å². The molecule has 0 bridgehead atoms. The number of carbonyl (C=O) groups excluding carboxylic acids is 9. The zero-order valence-corrected chi connectivity index (χ0v) is 36.0. The Morgan fingerprint density at radius 3 is 2.02 bits per heavy atom. The number of guanidine groups is 1. The normalized spacial score (nSPS) is 18.0. The number of benzene rings is 1. The average Bonchev–Trinajstić information content (AvgIpc) is 4.04. The molecule has 0 radical (unpaired) electrons. The van der Waals surface area contributed by atoms with Crippen molar-refractivity contribution < 1.29 is 43.2 Å². The Labute approximate surface area is 369 Å². The number of amides is 9. The Balaban J connectivity index is 1.58. The molecule has 23 heteroatoms. The summed E-state index contributed by atoms with van der Waals surface area (Å²) in [6.45, 7) is 4.05. The van der Waals surface area contributed by atoms with Gasteiger partial charge in [0.25, 0.3) is 0 Å². The largest absolute Gasteiger partial charge is 0.370 e. The fraction of sp³-hybridized carbons (Fsp3) is 0.537. The fourth-order valence-electron chi connectivity index (χ4n) is 7.46. The quantitative estimate of drug-likeness (QED) is 0.0276. The summed E-state index contributed by atoms with van der Waals surface area (Å²) in [5.74, 6) is -6.81. The summed E-state index contributed by atoms with van der Waals surface area (Å²) in [5.41, 5.74) is 23.0. The Kier molecular flexibility index (Phi) is 18.6. The number of aliphatic imine (C=N–C) groups is 1. The summed E-state index contributed by atoms with van der Waals surface area (Å²) < 4.78 is 0. The molecule has 2 aliphatic heterocycles. The first-order chi connectivity index (χ1) is 30.4. The van der Waals surface area contributed by atoms with Gasteiger partial charge in [-0.1, -0.05) is 44.2 Å². The van der Waals surface area contributed by atoms with Crippen LogP contribution >= 0.6 is 0 Å². The second-order valence-corrected chi connectivity index (χ2v) is 16.3. The molecule has 9 amide bonds. The predicted molar refractivity (Wildman–Crippen MR) is 230 cm³/mol. The summed E-state index contributed by atoms with van der Waals surface area (Å²) >= 11 is 0. The first kappa shape index (κ1) is 49.6. The molecule has 2 fully saturated rings. The molecule has 64 heavy (non-hydrogen) atoms. The van der Waals surface area contributed by atoms with Crippen LogP contribution in [0.2, 0.25) is 0 Å². The maximum absolute atomic E-state index is 14.3. The molecule has 348 valence electrons. The maximum atomic E-state index is 14.3. The lowest BCUT2D eigenvalue weighted by molar-refractivity contribution is -0.141. The standard InChI is InChI=1S/C41H60N14O9/c1-22(2)16-27(36(60)50-26(10-6-14-47-41(44)45)40(64)55-15-7-11-31(55)34(43)58)51-38(62)29(18-24-20-46-21-48-24)53-37(61)28(17-23-8-4-3-5-9-23)52-39(63)30(19-32(42)56)54-35(59)25-12-13-33(57)49-25/h3-5,8-9,20-22,25-31H,6-7,10-19H2,1-2H3,(H2,42,56)(H2,43,58)(H,46,48)(H,49,57)(H,50,60)(H,51,62)(H,52,63)(H,53,61)(H,54,59)(H4,44,45,47)/t25-,26-,27-,28-,29-,30-,31-/m0/s1. The molecular formula is C41H60N14O9. The smallest absolute Gasteiger partial charge is 0.245 e. The van der Waals surface area contributed by atoms with E-state index in [1.807, 2.05) is 13.8 Å². The molecule has 4 rings (SSSR count). The number of likely N-dealkylation sites (tertiary alicyclic amines) is 1. The van der Waals surface area contributed by atoms with Gasteiger partial charge >= 0.3 is 0 Å². The Morgan fingerprint density at radius 1 is 0.812 bits per heavy atom. The third-order valence-electron chi connectivity index (χ3n) is 10.6. The minimum atomic E-state index is -1.53. The van der Waals surface area contributed by atoms with Crippen LogP contribution in [-0.4, -0.2) is 129 Å². The van der Waals surface area contributed by atoms with Gasteiger partial charge < -0.3 is 64.7 Å². The molecular weight excluding hydrogens is 833 g/mol. The number of hydrogen-bond acceptors (Lipinski definition) is 11. The van der Waals surface area contributed by atoms with Crippen molar-refractivity contribution in [3.63, 3.8) is 0 Å². The lowest BCUT2D eigenvalue weighted by Gasteiger charge is -2.30. The third kappa shape index (κ3) is 15.4. The number of nitrogens with zero attached hydrogens (tertiary/aromatic N) is 3. The molecule has 0 saturated carbocycles. The Morgan fingerprint density at radius 2 is 1.44 bits per heavy atom. The van der Waals surface area contributed by atoms with Crippen molar-refractivity contribution in [3.05, 3.63) is 54.1 Å². The molecule has 2 aromatic rings. The molecule has 2 saturated heterocycles. The second-order valence-electron chi connectivity index (χ2n) is 16.3. The highest BCUT2D eigenvalue weighted by Gasteiger charge is 2.39. The van der Waals surface area contributed by atoms with E-state index in [4.69, 9.17) is 22.9 Å². The molecule has 3 heterocycles. The number of aromatic amines is 1. The summed E-state index contributed by atoms with van der Waals surface area (Å²) in [4.78, 5) is 132. The van der Waals surface area contributed by atoms with E-state index in [1.54, 1.807) is 30.3 Å². The van der Waals surface area contributed by atoms with Gasteiger partial charge in [0, 0.05) is 44.2 Å². The number of primary amides is 2. The van der Waals surface area contributed by atoms with Crippen LogP contribution in [-0.2, 0) is 56.0 Å². The number of hydrogen-bond donors (Lipinski definition) is 11. The zero-order chi connectivity index (χ0) is 46.9. The van der Waals surface area contributed by atoms with Crippen molar-refractivity contribution in [2.75, 3.05) is 13.1 Å². The molecule has 0 unspecified atom stereocenters. The SMILES string of the molecule is CC(C)C[C@H](NC(=O)[C@H](Cc1cnc[nH]1)NC(=O)[C@H](Cc1ccccc1)NC(=O)[C@H](CC(N)=O)NC(=O)[C@@H]1CCC(=O)N1)C(=O)N[C@@H](CCCN=C(N)N)C(=O)N1CCC[C@H]1C(N)=O. The van der Waals surface area contributed by atoms with E-state index in [9.17, 15) is 43.2 Å². The van der Waals surface area contributed by atoms with Gasteiger partial charge in [0.15, 0.2) is 5.96 Å². The van der Waals surface area contributed by atoms with Gasteiger partial charge in [-0.05, 0) is 50.0 Å². The van der Waals surface area contributed by atoms with Gasteiger partial charge in [0.1, 0.15) is 42.3 Å². The molecule has 1 aromatic carbocycles. The van der Waals surface area contributed by atoms with E-state index in [0.717, 1.165) is 0 Å². The van der Waals surface area contributed by atoms with E-state index >= 15 is 0 Å². The molecule has 2 aliphatic rings. The fourth-order valence-corrected chi connectivity index (χ4v) is 7.46. The van der Waals surface area contributed by atoms with E-state index in [1.165, 1.54) is 17.4 Å².